The number of nitrogens with zero attached hydrogens (tertiary/aromatic N) is 1. The first-order chi connectivity index (χ1) is 7.47. The molecule has 1 heterocycles. The molecule has 0 unspecified atom stereocenters. The fraction of sp³-hybridized carbons (Fsp3) is 0.273. The average molecular weight is 218 g/mol. The minimum absolute atomic E-state index is 0.213. The van der Waals surface area contributed by atoms with Crippen molar-refractivity contribution in [2.75, 3.05) is 5.32 Å². The zero-order chi connectivity index (χ0) is 11.8. The predicted octanol–water partition coefficient (Wildman–Crippen LogP) is 1.24. The third kappa shape index (κ3) is 2.04. The number of aromatic amines is 1. The first kappa shape index (κ1) is 10.6. The van der Waals surface area contributed by atoms with Gasteiger partial charge in [0.25, 0.3) is 0 Å². The topological polar surface area (TPSA) is 83.8 Å². The summed E-state index contributed by atoms with van der Waals surface area (Å²) in [5.41, 5.74) is 6.46. The van der Waals surface area contributed by atoms with E-state index in [4.69, 9.17) is 5.73 Å². The average Bonchev–Trinajstić information content (AvgIpc) is 2.63. The quantitative estimate of drug-likeness (QED) is 0.709. The summed E-state index contributed by atoms with van der Waals surface area (Å²) in [4.78, 5) is 11.6. The van der Waals surface area contributed by atoms with Gasteiger partial charge in [0.15, 0.2) is 0 Å². The Balaban J connectivity index is 2.24. The van der Waals surface area contributed by atoms with E-state index in [9.17, 15) is 4.79 Å². The molecule has 0 spiro atoms. The van der Waals surface area contributed by atoms with Crippen molar-refractivity contribution in [2.24, 2.45) is 5.73 Å². The van der Waals surface area contributed by atoms with Gasteiger partial charge in [-0.2, -0.15) is 5.10 Å². The minimum atomic E-state index is -0.884. The van der Waals surface area contributed by atoms with Gasteiger partial charge in [0, 0.05) is 11.1 Å². The number of hydrogen-bond donors (Lipinski definition) is 3. The number of aromatic nitrogens is 2. The van der Waals surface area contributed by atoms with Crippen LogP contribution in [-0.2, 0) is 4.79 Å². The molecule has 0 bridgehead atoms. The van der Waals surface area contributed by atoms with Crippen LogP contribution in [0, 0.1) is 0 Å². The van der Waals surface area contributed by atoms with Crippen molar-refractivity contribution in [3.05, 3.63) is 24.4 Å². The Bertz CT molecular complexity index is 524. The standard InChI is InChI=1S/C11H14N4O/c1-11(2,12)10(16)14-8-3-4-9-7(5-8)6-13-15-9/h3-6H,12H2,1-2H3,(H,13,15)(H,14,16). The van der Waals surface area contributed by atoms with Crippen LogP contribution in [-0.4, -0.2) is 21.6 Å². The molecule has 0 aliphatic heterocycles. The summed E-state index contributed by atoms with van der Waals surface area (Å²) in [6.07, 6.45) is 1.71. The Morgan fingerprint density at radius 3 is 2.94 bits per heavy atom. The molecular weight excluding hydrogens is 204 g/mol. The molecule has 0 aliphatic rings. The molecule has 16 heavy (non-hydrogen) atoms. The second kappa shape index (κ2) is 3.61. The summed E-state index contributed by atoms with van der Waals surface area (Å²) in [6, 6.07) is 5.52. The van der Waals surface area contributed by atoms with Gasteiger partial charge >= 0.3 is 0 Å². The lowest BCUT2D eigenvalue weighted by Gasteiger charge is -2.17. The number of hydrogen-bond acceptors (Lipinski definition) is 3. The molecule has 0 saturated carbocycles. The van der Waals surface area contributed by atoms with Gasteiger partial charge in [0.1, 0.15) is 0 Å². The molecule has 0 atom stereocenters. The molecular formula is C11H14N4O. The second-order valence-corrected chi connectivity index (χ2v) is 4.35. The number of carbonyl (C=O) groups excluding carboxylic acids is 1. The lowest BCUT2D eigenvalue weighted by atomic mass is 10.1. The maximum atomic E-state index is 11.6. The van der Waals surface area contributed by atoms with Gasteiger partial charge in [-0.1, -0.05) is 0 Å². The molecule has 5 nitrogen and oxygen atoms in total. The number of carbonyl (C=O) groups is 1. The second-order valence-electron chi connectivity index (χ2n) is 4.35. The van der Waals surface area contributed by atoms with Crippen LogP contribution in [0.25, 0.3) is 10.9 Å². The van der Waals surface area contributed by atoms with Gasteiger partial charge in [-0.05, 0) is 32.0 Å². The number of amides is 1. The van der Waals surface area contributed by atoms with Crippen molar-refractivity contribution in [3.8, 4) is 0 Å². The molecule has 2 aromatic rings. The van der Waals surface area contributed by atoms with Crippen LogP contribution < -0.4 is 11.1 Å². The lowest BCUT2D eigenvalue weighted by molar-refractivity contribution is -0.120. The van der Waals surface area contributed by atoms with Crippen LogP contribution >= 0.6 is 0 Å². The maximum absolute atomic E-state index is 11.6. The van der Waals surface area contributed by atoms with E-state index in [-0.39, 0.29) is 5.91 Å². The molecule has 2 rings (SSSR count). The molecule has 5 heteroatoms. The Morgan fingerprint density at radius 2 is 2.25 bits per heavy atom. The molecule has 1 aromatic carbocycles. The highest BCUT2D eigenvalue weighted by atomic mass is 16.2. The van der Waals surface area contributed by atoms with Crippen LogP contribution in [0.2, 0.25) is 0 Å². The molecule has 0 radical (unpaired) electrons. The fourth-order valence-electron chi connectivity index (χ4n) is 1.31. The number of nitrogens with two attached hydrogens (primary N) is 1. The molecule has 1 aromatic heterocycles. The lowest BCUT2D eigenvalue weighted by Crippen LogP contribution is -2.45. The smallest absolute Gasteiger partial charge is 0.243 e. The Labute approximate surface area is 93.0 Å². The third-order valence-electron chi connectivity index (χ3n) is 2.28. The zero-order valence-electron chi connectivity index (χ0n) is 9.24. The van der Waals surface area contributed by atoms with Gasteiger partial charge in [-0.15, -0.1) is 0 Å². The number of H-pyrrole nitrogens is 1. The third-order valence-corrected chi connectivity index (χ3v) is 2.28. The number of benzene rings is 1. The summed E-state index contributed by atoms with van der Waals surface area (Å²) in [5, 5.41) is 10.5. The van der Waals surface area contributed by atoms with Gasteiger partial charge in [0.05, 0.1) is 17.3 Å². The summed E-state index contributed by atoms with van der Waals surface area (Å²) >= 11 is 0. The van der Waals surface area contributed by atoms with Gasteiger partial charge in [0.2, 0.25) is 5.91 Å². The Hall–Kier alpha value is -1.88. The van der Waals surface area contributed by atoms with Crippen molar-refractivity contribution >= 4 is 22.5 Å². The van der Waals surface area contributed by atoms with Crippen molar-refractivity contribution in [1.29, 1.82) is 0 Å². The normalized spacial score (nSPS) is 11.7. The molecule has 4 N–H and O–H groups in total. The largest absolute Gasteiger partial charge is 0.324 e. The van der Waals surface area contributed by atoms with Crippen LogP contribution in [0.1, 0.15) is 13.8 Å². The van der Waals surface area contributed by atoms with E-state index in [0.29, 0.717) is 0 Å². The predicted molar refractivity (Wildman–Crippen MR) is 63.0 cm³/mol. The number of nitrogens with one attached hydrogen (secondary N) is 2. The van der Waals surface area contributed by atoms with E-state index in [1.807, 2.05) is 18.2 Å². The SMILES string of the molecule is CC(C)(N)C(=O)Nc1ccc2[nH]ncc2c1. The minimum Gasteiger partial charge on any atom is -0.324 e. The van der Waals surface area contributed by atoms with Crippen molar-refractivity contribution in [3.63, 3.8) is 0 Å². The molecule has 0 fully saturated rings. The molecule has 0 saturated heterocycles. The van der Waals surface area contributed by atoms with Crippen LogP contribution in [0.3, 0.4) is 0 Å². The van der Waals surface area contributed by atoms with Crippen LogP contribution in [0.4, 0.5) is 5.69 Å². The highest BCUT2D eigenvalue weighted by Crippen LogP contribution is 2.17. The zero-order valence-corrected chi connectivity index (χ0v) is 9.24. The van der Waals surface area contributed by atoms with Gasteiger partial charge in [-0.25, -0.2) is 0 Å². The van der Waals surface area contributed by atoms with Crippen LogP contribution in [0.5, 0.6) is 0 Å². The Morgan fingerprint density at radius 1 is 1.50 bits per heavy atom. The molecule has 1 amide bonds. The highest BCUT2D eigenvalue weighted by molar-refractivity contribution is 5.98. The van der Waals surface area contributed by atoms with E-state index in [2.05, 4.69) is 15.5 Å². The monoisotopic (exact) mass is 218 g/mol. The highest BCUT2D eigenvalue weighted by Gasteiger charge is 2.21. The summed E-state index contributed by atoms with van der Waals surface area (Å²) in [7, 11) is 0. The molecule has 84 valence electrons. The number of anilines is 1. The summed E-state index contributed by atoms with van der Waals surface area (Å²) in [5.74, 6) is -0.213. The van der Waals surface area contributed by atoms with E-state index in [1.165, 1.54) is 0 Å². The first-order valence-corrected chi connectivity index (χ1v) is 5.00. The Kier molecular flexibility index (Phi) is 2.40. The van der Waals surface area contributed by atoms with E-state index in [1.54, 1.807) is 20.0 Å². The summed E-state index contributed by atoms with van der Waals surface area (Å²) in [6.45, 7) is 3.33. The van der Waals surface area contributed by atoms with Crippen molar-refractivity contribution < 1.29 is 4.79 Å². The number of rotatable bonds is 2. The maximum Gasteiger partial charge on any atom is 0.243 e. The van der Waals surface area contributed by atoms with E-state index >= 15 is 0 Å². The van der Waals surface area contributed by atoms with E-state index in [0.717, 1.165) is 16.6 Å². The molecule has 0 aliphatic carbocycles. The van der Waals surface area contributed by atoms with E-state index < -0.39 is 5.54 Å². The van der Waals surface area contributed by atoms with Crippen molar-refractivity contribution in [2.45, 2.75) is 19.4 Å². The van der Waals surface area contributed by atoms with Crippen molar-refractivity contribution in [1.82, 2.24) is 10.2 Å². The summed E-state index contributed by atoms with van der Waals surface area (Å²) < 4.78 is 0. The van der Waals surface area contributed by atoms with Crippen LogP contribution in [0.15, 0.2) is 24.4 Å². The fourth-order valence-corrected chi connectivity index (χ4v) is 1.31. The van der Waals surface area contributed by atoms with Gasteiger partial charge < -0.3 is 11.1 Å². The van der Waals surface area contributed by atoms with Gasteiger partial charge in [-0.3, -0.25) is 9.89 Å². The first-order valence-electron chi connectivity index (χ1n) is 5.00. The number of fused-ring (bicyclic) bond motifs is 1.